The number of fused-ring (bicyclic) bond motifs is 2. The minimum atomic E-state index is -4.24. The smallest absolute Gasteiger partial charge is 0.467 e. The van der Waals surface area contributed by atoms with Gasteiger partial charge < -0.3 is 28.5 Å². The van der Waals surface area contributed by atoms with E-state index in [1.54, 1.807) is 19.3 Å². The fourth-order valence-electron chi connectivity index (χ4n) is 4.84. The fraction of sp³-hybridized carbons (Fsp3) is 0.312. The first-order chi connectivity index (χ1) is 19.1. The predicted octanol–water partition coefficient (Wildman–Crippen LogP) is 4.56. The number of furan rings is 1. The number of alkyl halides is 3. The largest absolute Gasteiger partial charge is 1.00 e. The zero-order valence-electron chi connectivity index (χ0n) is 23.8. The quantitative estimate of drug-likeness (QED) is 0.280. The van der Waals surface area contributed by atoms with Crippen LogP contribution in [0.15, 0.2) is 53.1 Å². The number of carbonyl (C=O) groups excluding carboxylic acids is 1. The van der Waals surface area contributed by atoms with E-state index in [1.807, 2.05) is 23.1 Å². The van der Waals surface area contributed by atoms with Gasteiger partial charge in [-0.3, -0.25) is 9.78 Å². The van der Waals surface area contributed by atoms with Crippen LogP contribution in [0.2, 0.25) is 0 Å². The number of nitrogens with zero attached hydrogens (tertiary/aromatic N) is 2. The molecule has 4 aromatic rings. The second kappa shape index (κ2) is 14.2. The Morgan fingerprint density at radius 1 is 1.10 bits per heavy atom. The normalized spacial score (nSPS) is 12.8. The van der Waals surface area contributed by atoms with Crippen molar-refractivity contribution < 1.29 is 41.2 Å². The molecular formula is C32H33F3LiN3O2-2. The van der Waals surface area contributed by atoms with Gasteiger partial charge in [-0.05, 0) is 68.0 Å². The fourth-order valence-corrected chi connectivity index (χ4v) is 4.84. The molecule has 41 heavy (non-hydrogen) atoms. The van der Waals surface area contributed by atoms with Crippen LogP contribution in [0, 0.1) is 33.8 Å². The van der Waals surface area contributed by atoms with E-state index in [9.17, 15) is 18.0 Å². The van der Waals surface area contributed by atoms with E-state index in [4.69, 9.17) is 9.40 Å². The first-order valence-corrected chi connectivity index (χ1v) is 13.3. The van der Waals surface area contributed by atoms with Crippen LogP contribution in [0.25, 0.3) is 10.9 Å². The molecule has 9 heteroatoms. The maximum atomic E-state index is 12.9. The molecule has 1 amide bonds. The van der Waals surface area contributed by atoms with Crippen LogP contribution in [-0.4, -0.2) is 28.9 Å². The van der Waals surface area contributed by atoms with E-state index < -0.39 is 11.7 Å². The van der Waals surface area contributed by atoms with Crippen molar-refractivity contribution in [3.05, 3.63) is 108 Å². The van der Waals surface area contributed by atoms with E-state index in [2.05, 4.69) is 32.2 Å². The summed E-state index contributed by atoms with van der Waals surface area (Å²) in [5.74, 6) is 0.451. The molecule has 0 radical (unpaired) electrons. The van der Waals surface area contributed by atoms with Crippen LogP contribution in [0.1, 0.15) is 56.9 Å². The van der Waals surface area contributed by atoms with E-state index in [1.165, 1.54) is 35.7 Å². The molecule has 0 atom stereocenters. The third-order valence-corrected chi connectivity index (χ3v) is 7.07. The monoisotopic (exact) mass is 555 g/mol. The Morgan fingerprint density at radius 3 is 2.49 bits per heavy atom. The summed E-state index contributed by atoms with van der Waals surface area (Å²) in [7, 11) is 0. The minimum absolute atomic E-state index is 0. The van der Waals surface area contributed by atoms with Gasteiger partial charge in [-0.15, -0.1) is 13.1 Å². The van der Waals surface area contributed by atoms with Gasteiger partial charge in [0.05, 0.1) is 23.9 Å². The van der Waals surface area contributed by atoms with Crippen molar-refractivity contribution in [2.45, 2.75) is 52.3 Å². The van der Waals surface area contributed by atoms with Gasteiger partial charge >= 0.3 is 25.0 Å². The Bertz CT molecular complexity index is 1480. The standard InChI is InChI=1S/C24H27N3O2.C8H6F3.Li/c1-4-27(5-2)15-23-19(12-13-29-23)24(28)25-17-10-11-22-20(14-17)16(3)18-8-6-7-9-21(18)26-22;1-6-3-2-4-7(5-6)8(9,10)11;/h10-14H,1-2,4-9,15H2,3H3,(H,25,28);2,4-5H,1H3;/q-2;-1;+1. The molecule has 1 aliphatic carbocycles. The Kier molecular flexibility index (Phi) is 11.3. The van der Waals surface area contributed by atoms with E-state index in [0.29, 0.717) is 36.5 Å². The summed E-state index contributed by atoms with van der Waals surface area (Å²) in [6.07, 6.45) is 1.90. The SMILES string of the molecule is Cc1[c-]ccc(C(F)(F)F)c1.[CH2-]CN(C[CH2-])Cc1occc1C(=O)Nc1ccc2nc3c(c(C)c2c1)CCCC3.[Li+]. The molecule has 0 unspecified atom stereocenters. The van der Waals surface area contributed by atoms with Crippen molar-refractivity contribution in [3.63, 3.8) is 0 Å². The summed E-state index contributed by atoms with van der Waals surface area (Å²) in [4.78, 5) is 19.7. The van der Waals surface area contributed by atoms with Crippen LogP contribution in [-0.2, 0) is 25.6 Å². The van der Waals surface area contributed by atoms with Crippen molar-refractivity contribution in [1.82, 2.24) is 9.88 Å². The summed E-state index contributed by atoms with van der Waals surface area (Å²) in [5, 5.41) is 4.12. The number of anilines is 1. The first kappa shape index (κ1) is 32.5. The van der Waals surface area contributed by atoms with Crippen LogP contribution in [0.4, 0.5) is 18.9 Å². The van der Waals surface area contributed by atoms with Crippen molar-refractivity contribution in [2.24, 2.45) is 0 Å². The van der Waals surface area contributed by atoms with Gasteiger partial charge in [0.15, 0.2) is 0 Å². The Hall–Kier alpha value is -3.05. The van der Waals surface area contributed by atoms with Crippen LogP contribution in [0.3, 0.4) is 0 Å². The van der Waals surface area contributed by atoms with E-state index in [0.717, 1.165) is 41.6 Å². The number of amides is 1. The molecule has 0 saturated carbocycles. The number of aryl methyl sites for hydroxylation is 3. The maximum Gasteiger partial charge on any atom is 1.00 e. The molecule has 0 aliphatic heterocycles. The molecule has 1 aliphatic rings. The average Bonchev–Trinajstić information content (AvgIpc) is 3.40. The van der Waals surface area contributed by atoms with Crippen molar-refractivity contribution in [1.29, 1.82) is 0 Å². The van der Waals surface area contributed by atoms with Crippen LogP contribution in [0.5, 0.6) is 0 Å². The van der Waals surface area contributed by atoms with Gasteiger partial charge in [0.2, 0.25) is 0 Å². The van der Waals surface area contributed by atoms with Gasteiger partial charge in [0, 0.05) is 16.8 Å². The first-order valence-electron chi connectivity index (χ1n) is 13.3. The molecule has 0 fully saturated rings. The summed E-state index contributed by atoms with van der Waals surface area (Å²) in [6, 6.07) is 13.6. The van der Waals surface area contributed by atoms with E-state index >= 15 is 0 Å². The third-order valence-electron chi connectivity index (χ3n) is 7.07. The number of pyridine rings is 1. The number of rotatable bonds is 6. The molecule has 2 aromatic carbocycles. The second-order valence-electron chi connectivity index (χ2n) is 9.85. The zero-order chi connectivity index (χ0) is 28.9. The minimum Gasteiger partial charge on any atom is -0.467 e. The number of aromatic nitrogens is 1. The zero-order valence-corrected chi connectivity index (χ0v) is 23.8. The number of hydrogen-bond acceptors (Lipinski definition) is 4. The number of hydrogen-bond donors (Lipinski definition) is 1. The molecule has 5 nitrogen and oxygen atoms in total. The molecular weight excluding hydrogens is 522 g/mol. The Morgan fingerprint density at radius 2 is 1.83 bits per heavy atom. The van der Waals surface area contributed by atoms with Crippen molar-refractivity contribution in [3.8, 4) is 0 Å². The molecule has 0 spiro atoms. The third kappa shape index (κ3) is 8.03. The van der Waals surface area contributed by atoms with Gasteiger partial charge in [-0.1, -0.05) is 12.5 Å². The summed E-state index contributed by atoms with van der Waals surface area (Å²) in [6.45, 7) is 13.2. The van der Waals surface area contributed by atoms with Gasteiger partial charge in [0.1, 0.15) is 5.76 Å². The summed E-state index contributed by atoms with van der Waals surface area (Å²) >= 11 is 0. The summed E-state index contributed by atoms with van der Waals surface area (Å²) < 4.78 is 41.4. The molecule has 2 heterocycles. The summed E-state index contributed by atoms with van der Waals surface area (Å²) in [5.41, 5.74) is 6.08. The molecule has 2 aromatic heterocycles. The number of halogens is 3. The number of carbonyl (C=O) groups is 1. The van der Waals surface area contributed by atoms with Gasteiger partial charge in [-0.25, -0.2) is 0 Å². The van der Waals surface area contributed by atoms with Crippen LogP contribution < -0.4 is 24.2 Å². The number of nitrogens with one attached hydrogen (secondary N) is 1. The Labute approximate surface area is 251 Å². The number of benzene rings is 2. The Balaban J connectivity index is 0.000000326. The predicted molar refractivity (Wildman–Crippen MR) is 151 cm³/mol. The van der Waals surface area contributed by atoms with Crippen molar-refractivity contribution >= 4 is 22.5 Å². The molecule has 0 saturated heterocycles. The van der Waals surface area contributed by atoms with Gasteiger partial charge in [0.25, 0.3) is 5.91 Å². The average molecular weight is 556 g/mol. The van der Waals surface area contributed by atoms with Crippen molar-refractivity contribution in [2.75, 3.05) is 18.4 Å². The molecule has 0 bridgehead atoms. The molecule has 1 N–H and O–H groups in total. The van der Waals surface area contributed by atoms with E-state index in [-0.39, 0.29) is 24.8 Å². The topological polar surface area (TPSA) is 58.4 Å². The van der Waals surface area contributed by atoms with Crippen LogP contribution >= 0.6 is 0 Å². The molecule has 5 rings (SSSR count). The maximum absolute atomic E-state index is 12.9. The second-order valence-corrected chi connectivity index (χ2v) is 9.85. The molecule has 212 valence electrons. The van der Waals surface area contributed by atoms with Gasteiger partial charge in [-0.2, -0.15) is 43.0 Å².